The molecule has 5 rings (SSSR count). The SMILES string of the molecule is O=C(c1cc(-c2cccc(F)c2)no1)N1CCCCC1c1ncc(Cc2cccc(F)c2)o1. The molecule has 168 valence electrons. The Morgan fingerprint density at radius 1 is 1.06 bits per heavy atom. The van der Waals surface area contributed by atoms with Crippen LogP contribution < -0.4 is 0 Å². The van der Waals surface area contributed by atoms with Crippen molar-refractivity contribution in [2.75, 3.05) is 6.54 Å². The Balaban J connectivity index is 1.35. The molecule has 0 saturated carbocycles. The Hall–Kier alpha value is -3.81. The van der Waals surface area contributed by atoms with Crippen molar-refractivity contribution in [3.8, 4) is 11.3 Å². The number of amides is 1. The second-order valence-corrected chi connectivity index (χ2v) is 8.07. The third-order valence-corrected chi connectivity index (χ3v) is 5.73. The first kappa shape index (κ1) is 21.1. The summed E-state index contributed by atoms with van der Waals surface area (Å²) in [6.07, 6.45) is 4.51. The number of carbonyl (C=O) groups excluding carboxylic acids is 1. The molecular weight excluding hydrogens is 428 g/mol. The summed E-state index contributed by atoms with van der Waals surface area (Å²) in [6.45, 7) is 0.529. The van der Waals surface area contributed by atoms with Crippen LogP contribution in [-0.4, -0.2) is 27.5 Å². The van der Waals surface area contributed by atoms with Gasteiger partial charge in [0.2, 0.25) is 11.7 Å². The fourth-order valence-electron chi connectivity index (χ4n) is 4.14. The van der Waals surface area contributed by atoms with Gasteiger partial charge in [-0.25, -0.2) is 13.8 Å². The average molecular weight is 449 g/mol. The zero-order valence-corrected chi connectivity index (χ0v) is 17.7. The second-order valence-electron chi connectivity index (χ2n) is 8.07. The summed E-state index contributed by atoms with van der Waals surface area (Å²) in [5.41, 5.74) is 1.70. The van der Waals surface area contributed by atoms with E-state index >= 15 is 0 Å². The molecule has 1 amide bonds. The standard InChI is InChI=1S/C25H21F2N3O3/c26-18-7-3-5-16(11-18)12-20-15-28-24(32-20)22-9-1-2-10-30(22)25(31)23-14-21(29-33-23)17-6-4-8-19(27)13-17/h3-8,11,13-15,22H,1-2,9-10,12H2. The molecule has 0 N–H and O–H groups in total. The van der Waals surface area contributed by atoms with E-state index in [1.807, 2.05) is 6.07 Å². The molecule has 1 atom stereocenters. The molecule has 6 nitrogen and oxygen atoms in total. The maximum Gasteiger partial charge on any atom is 0.293 e. The zero-order valence-electron chi connectivity index (χ0n) is 17.7. The van der Waals surface area contributed by atoms with Crippen LogP contribution in [-0.2, 0) is 6.42 Å². The third-order valence-electron chi connectivity index (χ3n) is 5.73. The van der Waals surface area contributed by atoms with Crippen molar-refractivity contribution in [2.45, 2.75) is 31.7 Å². The molecule has 2 aromatic carbocycles. The van der Waals surface area contributed by atoms with Crippen LogP contribution >= 0.6 is 0 Å². The van der Waals surface area contributed by atoms with Gasteiger partial charge in [0, 0.05) is 24.6 Å². The van der Waals surface area contributed by atoms with Gasteiger partial charge >= 0.3 is 0 Å². The van der Waals surface area contributed by atoms with Crippen LogP contribution in [0.4, 0.5) is 8.78 Å². The van der Waals surface area contributed by atoms with Crippen LogP contribution in [0.25, 0.3) is 11.3 Å². The Labute approximate surface area is 188 Å². The van der Waals surface area contributed by atoms with Crippen molar-refractivity contribution in [1.82, 2.24) is 15.0 Å². The number of halogens is 2. The fraction of sp³-hybridized carbons (Fsp3) is 0.240. The number of carbonyl (C=O) groups is 1. The van der Waals surface area contributed by atoms with Gasteiger partial charge < -0.3 is 13.8 Å². The van der Waals surface area contributed by atoms with E-state index in [-0.39, 0.29) is 23.5 Å². The first-order valence-corrected chi connectivity index (χ1v) is 10.8. The van der Waals surface area contributed by atoms with Crippen molar-refractivity contribution < 1.29 is 22.5 Å². The first-order valence-electron chi connectivity index (χ1n) is 10.8. The summed E-state index contributed by atoms with van der Waals surface area (Å²) in [5, 5.41) is 3.94. The quantitative estimate of drug-likeness (QED) is 0.399. The predicted molar refractivity (Wildman–Crippen MR) is 115 cm³/mol. The Bertz CT molecular complexity index is 1280. The van der Waals surface area contributed by atoms with E-state index in [0.717, 1.165) is 18.4 Å². The van der Waals surface area contributed by atoms with Gasteiger partial charge in [0.1, 0.15) is 29.1 Å². The molecule has 8 heteroatoms. The van der Waals surface area contributed by atoms with Crippen LogP contribution in [0, 0.1) is 11.6 Å². The Morgan fingerprint density at radius 3 is 2.70 bits per heavy atom. The van der Waals surface area contributed by atoms with Crippen LogP contribution in [0.1, 0.15) is 53.1 Å². The van der Waals surface area contributed by atoms with Crippen molar-refractivity contribution in [3.05, 3.63) is 95.4 Å². The number of hydrogen-bond donors (Lipinski definition) is 0. The highest BCUT2D eigenvalue weighted by Gasteiger charge is 2.33. The minimum atomic E-state index is -0.391. The Kier molecular flexibility index (Phi) is 5.73. The van der Waals surface area contributed by atoms with E-state index in [1.54, 1.807) is 29.3 Å². The number of piperidine rings is 1. The molecule has 0 bridgehead atoms. The minimum Gasteiger partial charge on any atom is -0.443 e. The molecule has 0 radical (unpaired) electrons. The lowest BCUT2D eigenvalue weighted by Gasteiger charge is -2.32. The van der Waals surface area contributed by atoms with Gasteiger partial charge in [-0.2, -0.15) is 0 Å². The van der Waals surface area contributed by atoms with E-state index in [0.29, 0.717) is 42.3 Å². The zero-order chi connectivity index (χ0) is 22.8. The summed E-state index contributed by atoms with van der Waals surface area (Å²) in [7, 11) is 0. The van der Waals surface area contributed by atoms with E-state index < -0.39 is 5.82 Å². The van der Waals surface area contributed by atoms with Gasteiger partial charge in [-0.1, -0.05) is 29.4 Å². The molecule has 4 aromatic rings. The predicted octanol–water partition coefficient (Wildman–Crippen LogP) is 5.57. The molecule has 33 heavy (non-hydrogen) atoms. The van der Waals surface area contributed by atoms with E-state index in [9.17, 15) is 13.6 Å². The highest BCUT2D eigenvalue weighted by molar-refractivity contribution is 5.92. The van der Waals surface area contributed by atoms with Gasteiger partial charge in [-0.05, 0) is 49.1 Å². The maximum atomic E-state index is 13.5. The van der Waals surface area contributed by atoms with Crippen LogP contribution in [0.15, 0.2) is 69.7 Å². The number of aromatic nitrogens is 2. The highest BCUT2D eigenvalue weighted by Crippen LogP contribution is 2.33. The molecule has 1 fully saturated rings. The normalized spacial score (nSPS) is 16.2. The van der Waals surface area contributed by atoms with Crippen molar-refractivity contribution in [1.29, 1.82) is 0 Å². The summed E-state index contributed by atoms with van der Waals surface area (Å²) in [4.78, 5) is 19.3. The molecular formula is C25H21F2N3O3. The number of oxazole rings is 1. The monoisotopic (exact) mass is 449 g/mol. The largest absolute Gasteiger partial charge is 0.443 e. The summed E-state index contributed by atoms with van der Waals surface area (Å²) in [5.74, 6) is 0.103. The van der Waals surface area contributed by atoms with Gasteiger partial charge in [-0.3, -0.25) is 4.79 Å². The molecule has 2 aromatic heterocycles. The highest BCUT2D eigenvalue weighted by atomic mass is 19.1. The third kappa shape index (κ3) is 4.55. The van der Waals surface area contributed by atoms with E-state index in [1.165, 1.54) is 30.3 Å². The molecule has 1 unspecified atom stereocenters. The lowest BCUT2D eigenvalue weighted by atomic mass is 10.0. The van der Waals surface area contributed by atoms with Gasteiger partial charge in [-0.15, -0.1) is 0 Å². The van der Waals surface area contributed by atoms with Crippen LogP contribution in [0.2, 0.25) is 0 Å². The van der Waals surface area contributed by atoms with Gasteiger partial charge in [0.25, 0.3) is 5.91 Å². The molecule has 1 aliphatic heterocycles. The van der Waals surface area contributed by atoms with Gasteiger partial charge in [0.15, 0.2) is 0 Å². The van der Waals surface area contributed by atoms with Gasteiger partial charge in [0.05, 0.1) is 6.20 Å². The molecule has 1 saturated heterocycles. The summed E-state index contributed by atoms with van der Waals surface area (Å²) < 4.78 is 38.3. The van der Waals surface area contributed by atoms with E-state index in [4.69, 9.17) is 8.94 Å². The summed E-state index contributed by atoms with van der Waals surface area (Å²) >= 11 is 0. The Morgan fingerprint density at radius 2 is 1.88 bits per heavy atom. The molecule has 0 aliphatic carbocycles. The average Bonchev–Trinajstić information content (AvgIpc) is 3.49. The molecule has 0 spiro atoms. The number of nitrogens with zero attached hydrogens (tertiary/aromatic N) is 3. The maximum absolute atomic E-state index is 13.5. The van der Waals surface area contributed by atoms with Crippen molar-refractivity contribution in [3.63, 3.8) is 0 Å². The number of benzene rings is 2. The van der Waals surface area contributed by atoms with E-state index in [2.05, 4.69) is 10.1 Å². The van der Waals surface area contributed by atoms with Crippen molar-refractivity contribution >= 4 is 5.91 Å². The first-order chi connectivity index (χ1) is 16.1. The summed E-state index contributed by atoms with van der Waals surface area (Å²) in [6, 6.07) is 13.5. The smallest absolute Gasteiger partial charge is 0.293 e. The number of rotatable bonds is 5. The number of likely N-dealkylation sites (tertiary alicyclic amines) is 1. The molecule has 1 aliphatic rings. The fourth-order valence-corrected chi connectivity index (χ4v) is 4.14. The van der Waals surface area contributed by atoms with Crippen LogP contribution in [0.5, 0.6) is 0 Å². The lowest BCUT2D eigenvalue weighted by Crippen LogP contribution is -2.38. The minimum absolute atomic E-state index is 0.0766. The second kappa shape index (κ2) is 8.97. The topological polar surface area (TPSA) is 72.4 Å². The molecule has 3 heterocycles. The van der Waals surface area contributed by atoms with Crippen LogP contribution in [0.3, 0.4) is 0 Å². The number of hydrogen-bond acceptors (Lipinski definition) is 5. The van der Waals surface area contributed by atoms with Crippen molar-refractivity contribution in [2.24, 2.45) is 0 Å². The lowest BCUT2D eigenvalue weighted by molar-refractivity contribution is 0.0528.